The minimum Gasteiger partial charge on any atom is -0.467 e. The number of benzene rings is 1. The second-order valence-corrected chi connectivity index (χ2v) is 9.21. The Balaban J connectivity index is 1.39. The molecule has 0 atom stereocenters. The van der Waals surface area contributed by atoms with E-state index in [2.05, 4.69) is 27.7 Å². The summed E-state index contributed by atoms with van der Waals surface area (Å²) in [5.41, 5.74) is 1.21. The number of amides is 2. The van der Waals surface area contributed by atoms with Crippen LogP contribution in [0.3, 0.4) is 0 Å². The first kappa shape index (κ1) is 22.3. The average molecular weight is 452 g/mol. The Labute approximate surface area is 192 Å². The SMILES string of the molecule is CC(=O)c1cccc(NC(=O)N(Cc2ccco2)C2CCN(CCc3cccs3)CC2)c1. The molecule has 6 nitrogen and oxygen atoms in total. The Kier molecular flexibility index (Phi) is 7.39. The predicted octanol–water partition coefficient (Wildman–Crippen LogP) is 5.28. The number of thiophene rings is 1. The number of urea groups is 1. The van der Waals surface area contributed by atoms with Crippen LogP contribution in [0, 0.1) is 0 Å². The van der Waals surface area contributed by atoms with Crippen LogP contribution in [0.2, 0.25) is 0 Å². The Morgan fingerprint density at radius 1 is 1.16 bits per heavy atom. The van der Waals surface area contributed by atoms with Gasteiger partial charge in [0, 0.05) is 41.8 Å². The molecular formula is C25H29N3O3S. The molecule has 4 rings (SSSR count). The highest BCUT2D eigenvalue weighted by Crippen LogP contribution is 2.22. The second-order valence-electron chi connectivity index (χ2n) is 8.18. The highest BCUT2D eigenvalue weighted by atomic mass is 32.1. The molecule has 3 aromatic rings. The molecule has 7 heteroatoms. The standard InChI is InChI=1S/C25H29N3O3S/c1-19(29)20-5-2-6-21(17-20)26-25(30)28(18-23-7-3-15-31-23)22-9-12-27(13-10-22)14-11-24-8-4-16-32-24/h2-8,15-17,22H,9-14,18H2,1H3,(H,26,30). The molecule has 0 radical (unpaired) electrons. The zero-order valence-corrected chi connectivity index (χ0v) is 19.1. The van der Waals surface area contributed by atoms with E-state index in [9.17, 15) is 9.59 Å². The minimum atomic E-state index is -0.167. The van der Waals surface area contributed by atoms with Crippen LogP contribution >= 0.6 is 11.3 Å². The molecule has 3 heterocycles. The molecule has 1 aromatic carbocycles. The van der Waals surface area contributed by atoms with Crippen LogP contribution in [0.25, 0.3) is 0 Å². The van der Waals surface area contributed by atoms with Gasteiger partial charge in [-0.3, -0.25) is 4.79 Å². The van der Waals surface area contributed by atoms with Gasteiger partial charge >= 0.3 is 6.03 Å². The van der Waals surface area contributed by atoms with Gasteiger partial charge in [0.1, 0.15) is 5.76 Å². The summed E-state index contributed by atoms with van der Waals surface area (Å²) in [6, 6.07) is 15.1. The molecule has 1 aliphatic heterocycles. The van der Waals surface area contributed by atoms with Crippen LogP contribution in [-0.4, -0.2) is 47.3 Å². The van der Waals surface area contributed by atoms with Crippen LogP contribution in [-0.2, 0) is 13.0 Å². The molecule has 168 valence electrons. The van der Waals surface area contributed by atoms with E-state index in [0.29, 0.717) is 17.8 Å². The van der Waals surface area contributed by atoms with Crippen molar-refractivity contribution in [1.82, 2.24) is 9.80 Å². The Morgan fingerprint density at radius 2 is 2.00 bits per heavy atom. The maximum Gasteiger partial charge on any atom is 0.322 e. The number of rotatable bonds is 8. The maximum atomic E-state index is 13.3. The molecule has 1 N–H and O–H groups in total. The molecular weight excluding hydrogens is 422 g/mol. The second kappa shape index (κ2) is 10.6. The lowest BCUT2D eigenvalue weighted by Crippen LogP contribution is -2.48. The predicted molar refractivity (Wildman–Crippen MR) is 127 cm³/mol. The van der Waals surface area contributed by atoms with Crippen LogP contribution in [0.1, 0.15) is 40.8 Å². The normalized spacial score (nSPS) is 14.9. The lowest BCUT2D eigenvalue weighted by atomic mass is 10.0. The van der Waals surface area contributed by atoms with Crippen molar-refractivity contribution in [2.75, 3.05) is 25.0 Å². The van der Waals surface area contributed by atoms with Gasteiger partial charge < -0.3 is 19.5 Å². The van der Waals surface area contributed by atoms with Gasteiger partial charge in [0.15, 0.2) is 5.78 Å². The topological polar surface area (TPSA) is 65.8 Å². The molecule has 0 saturated carbocycles. The summed E-state index contributed by atoms with van der Waals surface area (Å²) >= 11 is 1.81. The van der Waals surface area contributed by atoms with Gasteiger partial charge in [0.05, 0.1) is 12.8 Å². The number of hydrogen-bond acceptors (Lipinski definition) is 5. The molecule has 32 heavy (non-hydrogen) atoms. The number of hydrogen-bond donors (Lipinski definition) is 1. The summed E-state index contributed by atoms with van der Waals surface area (Å²) in [7, 11) is 0. The number of Topliss-reactive ketones (excluding diaryl/α,β-unsaturated/α-hetero) is 1. The van der Waals surface area contributed by atoms with Gasteiger partial charge in [-0.05, 0) is 61.9 Å². The lowest BCUT2D eigenvalue weighted by molar-refractivity contribution is 0.101. The van der Waals surface area contributed by atoms with E-state index in [-0.39, 0.29) is 17.9 Å². The third kappa shape index (κ3) is 5.87. The van der Waals surface area contributed by atoms with Gasteiger partial charge in [-0.2, -0.15) is 0 Å². The molecule has 2 aromatic heterocycles. The molecule has 1 fully saturated rings. The summed E-state index contributed by atoms with van der Waals surface area (Å²) < 4.78 is 5.53. The van der Waals surface area contributed by atoms with E-state index in [1.165, 1.54) is 11.8 Å². The quantitative estimate of drug-likeness (QED) is 0.473. The first-order chi connectivity index (χ1) is 15.6. The Morgan fingerprint density at radius 3 is 2.69 bits per heavy atom. The summed E-state index contributed by atoms with van der Waals surface area (Å²) in [6.45, 7) is 4.94. The number of nitrogens with one attached hydrogen (secondary N) is 1. The van der Waals surface area contributed by atoms with E-state index in [4.69, 9.17) is 4.42 Å². The van der Waals surface area contributed by atoms with Crippen molar-refractivity contribution >= 4 is 28.8 Å². The number of ketones is 1. The minimum absolute atomic E-state index is 0.0246. The van der Waals surface area contributed by atoms with Crippen molar-refractivity contribution in [3.05, 3.63) is 76.4 Å². The van der Waals surface area contributed by atoms with E-state index in [1.807, 2.05) is 34.4 Å². The molecule has 1 saturated heterocycles. The van der Waals surface area contributed by atoms with Gasteiger partial charge in [-0.25, -0.2) is 4.79 Å². The third-order valence-corrected chi connectivity index (χ3v) is 6.88. The van der Waals surface area contributed by atoms with Crippen molar-refractivity contribution in [3.63, 3.8) is 0 Å². The number of piperidine rings is 1. The molecule has 1 aliphatic rings. The number of anilines is 1. The first-order valence-corrected chi connectivity index (χ1v) is 11.9. The van der Waals surface area contributed by atoms with Crippen LogP contribution in [0.5, 0.6) is 0 Å². The fourth-order valence-electron chi connectivity index (χ4n) is 4.13. The van der Waals surface area contributed by atoms with Gasteiger partial charge in [-0.1, -0.05) is 18.2 Å². The van der Waals surface area contributed by atoms with Crippen molar-refractivity contribution in [1.29, 1.82) is 0 Å². The highest BCUT2D eigenvalue weighted by molar-refractivity contribution is 7.09. The number of furan rings is 1. The summed E-state index contributed by atoms with van der Waals surface area (Å²) in [6.07, 6.45) is 4.55. The molecule has 2 amide bonds. The lowest BCUT2D eigenvalue weighted by Gasteiger charge is -2.38. The van der Waals surface area contributed by atoms with Crippen molar-refractivity contribution in [2.45, 2.75) is 38.8 Å². The molecule has 0 unspecified atom stereocenters. The van der Waals surface area contributed by atoms with E-state index < -0.39 is 0 Å². The largest absolute Gasteiger partial charge is 0.467 e. The smallest absolute Gasteiger partial charge is 0.322 e. The van der Waals surface area contributed by atoms with Crippen molar-refractivity contribution in [3.8, 4) is 0 Å². The summed E-state index contributed by atoms with van der Waals surface area (Å²) in [5, 5.41) is 5.11. The first-order valence-electron chi connectivity index (χ1n) is 11.0. The number of likely N-dealkylation sites (tertiary alicyclic amines) is 1. The van der Waals surface area contributed by atoms with E-state index >= 15 is 0 Å². The van der Waals surface area contributed by atoms with Crippen LogP contribution in [0.15, 0.2) is 64.6 Å². The fraction of sp³-hybridized carbons (Fsp3) is 0.360. The Bertz CT molecular complexity index is 1010. The molecule has 0 spiro atoms. The third-order valence-electron chi connectivity index (χ3n) is 5.94. The maximum absolute atomic E-state index is 13.3. The van der Waals surface area contributed by atoms with Crippen LogP contribution in [0.4, 0.5) is 10.5 Å². The zero-order valence-electron chi connectivity index (χ0n) is 18.3. The van der Waals surface area contributed by atoms with Gasteiger partial charge in [0.25, 0.3) is 0 Å². The van der Waals surface area contributed by atoms with Gasteiger partial charge in [-0.15, -0.1) is 11.3 Å². The summed E-state index contributed by atoms with van der Waals surface area (Å²) in [5.74, 6) is 0.737. The Hall–Kier alpha value is -2.90. The van der Waals surface area contributed by atoms with Crippen LogP contribution < -0.4 is 5.32 Å². The number of carbonyl (C=O) groups is 2. The monoisotopic (exact) mass is 451 g/mol. The average Bonchev–Trinajstić information content (AvgIpc) is 3.51. The number of carbonyl (C=O) groups excluding carboxylic acids is 2. The molecule has 0 aliphatic carbocycles. The van der Waals surface area contributed by atoms with E-state index in [0.717, 1.165) is 44.7 Å². The van der Waals surface area contributed by atoms with E-state index in [1.54, 1.807) is 24.5 Å². The number of nitrogens with zero attached hydrogens (tertiary/aromatic N) is 2. The highest BCUT2D eigenvalue weighted by Gasteiger charge is 2.29. The van der Waals surface area contributed by atoms with Crippen molar-refractivity contribution in [2.24, 2.45) is 0 Å². The zero-order chi connectivity index (χ0) is 22.3. The summed E-state index contributed by atoms with van der Waals surface area (Å²) in [4.78, 5) is 30.7. The molecule has 0 bridgehead atoms. The van der Waals surface area contributed by atoms with Gasteiger partial charge in [0.2, 0.25) is 0 Å². The van der Waals surface area contributed by atoms with Crippen molar-refractivity contribution < 1.29 is 14.0 Å². The fourth-order valence-corrected chi connectivity index (χ4v) is 4.82.